The number of rotatable bonds is 6. The number of hydrogen-bond acceptors (Lipinski definition) is 4. The molecule has 0 saturated heterocycles. The Balaban J connectivity index is 1.86. The number of anilines is 1. The molecule has 0 aliphatic rings. The largest absolute Gasteiger partial charge is 0.378 e. The Morgan fingerprint density at radius 2 is 1.96 bits per heavy atom. The molecule has 1 atom stereocenters. The molecule has 0 saturated carbocycles. The highest BCUT2D eigenvalue weighted by molar-refractivity contribution is 7.18. The Morgan fingerprint density at radius 3 is 2.64 bits per heavy atom. The molecule has 0 aliphatic carbocycles. The van der Waals surface area contributed by atoms with Crippen molar-refractivity contribution in [3.63, 3.8) is 0 Å². The molecule has 0 radical (unpaired) electrons. The minimum absolute atomic E-state index is 0.0200. The number of thiophene rings is 1. The normalized spacial score (nSPS) is 12.5. The quantitative estimate of drug-likeness (QED) is 0.667. The summed E-state index contributed by atoms with van der Waals surface area (Å²) in [4.78, 5) is 22.3. The van der Waals surface area contributed by atoms with Crippen LogP contribution < -0.4 is 10.9 Å². The fourth-order valence-corrected chi connectivity index (χ4v) is 3.97. The maximum absolute atomic E-state index is 12.6. The Labute approximate surface area is 152 Å². The summed E-state index contributed by atoms with van der Waals surface area (Å²) in [6, 6.07) is 8.19. The maximum Gasteiger partial charge on any atom is 0.259 e. The van der Waals surface area contributed by atoms with Crippen LogP contribution in [0.15, 0.2) is 29.1 Å². The molecule has 132 valence electrons. The molecule has 0 bridgehead atoms. The molecule has 0 amide bonds. The predicted octanol–water partition coefficient (Wildman–Crippen LogP) is 4.80. The molecule has 0 aliphatic heterocycles. The molecule has 0 fully saturated rings. The van der Waals surface area contributed by atoms with Crippen molar-refractivity contribution in [2.45, 2.75) is 47.1 Å². The van der Waals surface area contributed by atoms with Gasteiger partial charge in [-0.2, -0.15) is 0 Å². The third-order valence-corrected chi connectivity index (χ3v) is 5.71. The van der Waals surface area contributed by atoms with Gasteiger partial charge < -0.3 is 10.3 Å². The predicted molar refractivity (Wildman–Crippen MR) is 107 cm³/mol. The lowest BCUT2D eigenvalue weighted by Crippen LogP contribution is -2.15. The van der Waals surface area contributed by atoms with E-state index in [9.17, 15) is 4.79 Å². The summed E-state index contributed by atoms with van der Waals surface area (Å²) in [6.07, 6.45) is 2.05. The van der Waals surface area contributed by atoms with Gasteiger partial charge in [-0.25, -0.2) is 4.98 Å². The van der Waals surface area contributed by atoms with Gasteiger partial charge in [-0.3, -0.25) is 4.79 Å². The van der Waals surface area contributed by atoms with Gasteiger partial charge in [-0.15, -0.1) is 11.3 Å². The molecule has 2 heterocycles. The lowest BCUT2D eigenvalue weighted by Gasteiger charge is -2.09. The van der Waals surface area contributed by atoms with Crippen LogP contribution in [-0.2, 0) is 13.0 Å². The second-order valence-electron chi connectivity index (χ2n) is 6.77. The first-order chi connectivity index (χ1) is 12.0. The average molecular weight is 356 g/mol. The van der Waals surface area contributed by atoms with E-state index in [1.54, 1.807) is 11.3 Å². The number of aromatic amines is 1. The first-order valence-corrected chi connectivity index (χ1v) is 9.61. The van der Waals surface area contributed by atoms with E-state index in [1.807, 2.05) is 12.1 Å². The Bertz CT molecular complexity index is 925. The Kier molecular flexibility index (Phi) is 5.23. The van der Waals surface area contributed by atoms with Crippen LogP contribution in [0.25, 0.3) is 10.2 Å². The summed E-state index contributed by atoms with van der Waals surface area (Å²) < 4.78 is 0. The molecule has 0 spiro atoms. The van der Waals surface area contributed by atoms with Crippen molar-refractivity contribution in [1.82, 2.24) is 9.97 Å². The average Bonchev–Trinajstić information content (AvgIpc) is 2.90. The second kappa shape index (κ2) is 7.40. The van der Waals surface area contributed by atoms with E-state index in [0.29, 0.717) is 18.3 Å². The number of fused-ring (bicyclic) bond motifs is 1. The number of hydrogen-bond donors (Lipinski definition) is 2. The second-order valence-corrected chi connectivity index (χ2v) is 7.97. The molecule has 3 aromatic rings. The van der Waals surface area contributed by atoms with E-state index in [4.69, 9.17) is 0 Å². The van der Waals surface area contributed by atoms with Crippen LogP contribution in [0, 0.1) is 19.8 Å². The van der Waals surface area contributed by atoms with Gasteiger partial charge in [-0.05, 0) is 43.9 Å². The van der Waals surface area contributed by atoms with Gasteiger partial charge in [-0.1, -0.05) is 38.0 Å². The monoisotopic (exact) mass is 355 g/mol. The fraction of sp³-hybridized carbons (Fsp3) is 0.400. The van der Waals surface area contributed by atoms with Gasteiger partial charge in [0, 0.05) is 10.6 Å². The summed E-state index contributed by atoms with van der Waals surface area (Å²) in [6.45, 7) is 9.07. The number of nitrogens with zero attached hydrogens (tertiary/aromatic N) is 1. The first kappa shape index (κ1) is 17.7. The molecule has 3 rings (SSSR count). The molecule has 2 aromatic heterocycles. The zero-order chi connectivity index (χ0) is 18.0. The number of nitrogens with one attached hydrogen (secondary N) is 2. The highest BCUT2D eigenvalue weighted by Crippen LogP contribution is 2.29. The minimum Gasteiger partial charge on any atom is -0.378 e. The van der Waals surface area contributed by atoms with Crippen LogP contribution in [0.5, 0.6) is 0 Å². The van der Waals surface area contributed by atoms with Crippen molar-refractivity contribution in [2.75, 3.05) is 5.32 Å². The summed E-state index contributed by atoms with van der Waals surface area (Å²) in [5, 5.41) is 4.09. The molecule has 25 heavy (non-hydrogen) atoms. The molecule has 5 heteroatoms. The van der Waals surface area contributed by atoms with Crippen LogP contribution >= 0.6 is 11.3 Å². The number of aryl methyl sites for hydroxylation is 2. The topological polar surface area (TPSA) is 57.8 Å². The van der Waals surface area contributed by atoms with Gasteiger partial charge in [0.1, 0.15) is 10.7 Å². The molecule has 0 unspecified atom stereocenters. The summed E-state index contributed by atoms with van der Waals surface area (Å²) in [5.74, 6) is 1.24. The van der Waals surface area contributed by atoms with E-state index in [2.05, 4.69) is 55.1 Å². The zero-order valence-corrected chi connectivity index (χ0v) is 16.1. The van der Waals surface area contributed by atoms with E-state index < -0.39 is 0 Å². The molecule has 1 aromatic carbocycles. The van der Waals surface area contributed by atoms with Crippen molar-refractivity contribution in [3.8, 4) is 0 Å². The number of aromatic nitrogens is 2. The van der Waals surface area contributed by atoms with Crippen LogP contribution in [0.4, 0.5) is 5.69 Å². The van der Waals surface area contributed by atoms with E-state index in [0.717, 1.165) is 28.7 Å². The third kappa shape index (κ3) is 3.93. The summed E-state index contributed by atoms with van der Waals surface area (Å²) >= 11 is 1.62. The highest BCUT2D eigenvalue weighted by atomic mass is 32.1. The van der Waals surface area contributed by atoms with Gasteiger partial charge in [0.05, 0.1) is 11.9 Å². The highest BCUT2D eigenvalue weighted by Gasteiger charge is 2.16. The Hall–Kier alpha value is -2.14. The Morgan fingerprint density at radius 1 is 1.24 bits per heavy atom. The molecular weight excluding hydrogens is 330 g/mol. The smallest absolute Gasteiger partial charge is 0.259 e. The number of benzene rings is 1. The molecular formula is C20H25N3OS. The van der Waals surface area contributed by atoms with Gasteiger partial charge in [0.15, 0.2) is 0 Å². The standard InChI is InChI=1S/C20H25N3OS/c1-5-12(2)10-16-14(4)25-20-18(16)19(24)22-17(23-20)11-21-15-8-6-13(3)7-9-15/h6-9,12,21H,5,10-11H2,1-4H3,(H,22,23,24)/t12-/m1/s1. The zero-order valence-electron chi connectivity index (χ0n) is 15.3. The van der Waals surface area contributed by atoms with Crippen LogP contribution in [0.1, 0.15) is 42.1 Å². The van der Waals surface area contributed by atoms with Gasteiger partial charge in [0.25, 0.3) is 5.56 Å². The first-order valence-electron chi connectivity index (χ1n) is 8.79. The summed E-state index contributed by atoms with van der Waals surface area (Å²) in [7, 11) is 0. The van der Waals surface area contributed by atoms with Crippen molar-refractivity contribution in [2.24, 2.45) is 5.92 Å². The van der Waals surface area contributed by atoms with Gasteiger partial charge in [0.2, 0.25) is 0 Å². The van der Waals surface area contributed by atoms with Gasteiger partial charge >= 0.3 is 0 Å². The van der Waals surface area contributed by atoms with Crippen molar-refractivity contribution in [1.29, 1.82) is 0 Å². The van der Waals surface area contributed by atoms with Crippen molar-refractivity contribution in [3.05, 3.63) is 56.4 Å². The molecule has 4 nitrogen and oxygen atoms in total. The van der Waals surface area contributed by atoms with Crippen LogP contribution in [-0.4, -0.2) is 9.97 Å². The van der Waals surface area contributed by atoms with Crippen molar-refractivity contribution < 1.29 is 0 Å². The van der Waals surface area contributed by atoms with Crippen LogP contribution in [0.2, 0.25) is 0 Å². The lowest BCUT2D eigenvalue weighted by molar-refractivity contribution is 0.561. The fourth-order valence-electron chi connectivity index (χ4n) is 2.90. The maximum atomic E-state index is 12.6. The minimum atomic E-state index is -0.0200. The van der Waals surface area contributed by atoms with Crippen molar-refractivity contribution >= 4 is 27.2 Å². The van der Waals surface area contributed by atoms with E-state index >= 15 is 0 Å². The van der Waals surface area contributed by atoms with E-state index in [-0.39, 0.29) is 5.56 Å². The number of H-pyrrole nitrogens is 1. The lowest BCUT2D eigenvalue weighted by atomic mass is 9.98. The van der Waals surface area contributed by atoms with Crippen LogP contribution in [0.3, 0.4) is 0 Å². The van der Waals surface area contributed by atoms with E-state index in [1.165, 1.54) is 16.0 Å². The summed E-state index contributed by atoms with van der Waals surface area (Å²) in [5.41, 5.74) is 3.39. The third-order valence-electron chi connectivity index (χ3n) is 4.67. The molecule has 2 N–H and O–H groups in total. The SMILES string of the molecule is CC[C@@H](C)Cc1c(C)sc2nc(CNc3ccc(C)cc3)[nH]c(=O)c12.